The molecule has 2 rings (SSSR count). The van der Waals surface area contributed by atoms with Gasteiger partial charge in [-0.05, 0) is 11.5 Å². The van der Waals surface area contributed by atoms with Gasteiger partial charge in [-0.2, -0.15) is 0 Å². The Balaban J connectivity index is 2.39. The molecule has 0 aliphatic heterocycles. The average molecular weight is 186 g/mol. The number of hydrogen-bond acceptors (Lipinski definition) is 1. The molecule has 0 radical (unpaired) electrons. The number of allylic oxidation sites excluding steroid dienone is 2. The van der Waals surface area contributed by atoms with Gasteiger partial charge in [0.25, 0.3) is 0 Å². The van der Waals surface area contributed by atoms with Crippen LogP contribution in [0.15, 0.2) is 35.9 Å². The summed E-state index contributed by atoms with van der Waals surface area (Å²) in [5, 5.41) is 0. The number of benzene rings is 1. The summed E-state index contributed by atoms with van der Waals surface area (Å²) in [5.74, 6) is 0.664. The first-order valence-electron chi connectivity index (χ1n) is 5.02. The summed E-state index contributed by atoms with van der Waals surface area (Å²) in [6.45, 7) is 4.20. The average Bonchev–Trinajstić information content (AvgIpc) is 2.44. The van der Waals surface area contributed by atoms with Crippen molar-refractivity contribution in [2.75, 3.05) is 0 Å². The minimum absolute atomic E-state index is 0.217. The van der Waals surface area contributed by atoms with Crippen LogP contribution in [0.2, 0.25) is 0 Å². The number of fused-ring (bicyclic) bond motifs is 1. The molecule has 0 aromatic heterocycles. The van der Waals surface area contributed by atoms with Gasteiger partial charge in [-0.25, -0.2) is 0 Å². The molecule has 0 N–H and O–H groups in total. The van der Waals surface area contributed by atoms with Crippen LogP contribution in [0.3, 0.4) is 0 Å². The quantitative estimate of drug-likeness (QED) is 0.616. The van der Waals surface area contributed by atoms with Gasteiger partial charge < -0.3 is 0 Å². The van der Waals surface area contributed by atoms with Gasteiger partial charge in [-0.1, -0.05) is 44.2 Å². The van der Waals surface area contributed by atoms with E-state index in [1.165, 1.54) is 5.56 Å². The Bertz CT molecular complexity index is 399. The van der Waals surface area contributed by atoms with E-state index in [1.807, 2.05) is 24.3 Å². The minimum atomic E-state index is 0.217. The van der Waals surface area contributed by atoms with Crippen molar-refractivity contribution in [3.8, 4) is 0 Å². The number of ketones is 1. The maximum absolute atomic E-state index is 11.9. The number of carbonyl (C=O) groups is 1. The van der Waals surface area contributed by atoms with E-state index >= 15 is 0 Å². The maximum atomic E-state index is 11.9. The summed E-state index contributed by atoms with van der Waals surface area (Å²) in [6.07, 6.45) is 2.88. The van der Waals surface area contributed by atoms with Crippen molar-refractivity contribution < 1.29 is 4.79 Å². The van der Waals surface area contributed by atoms with E-state index in [9.17, 15) is 4.79 Å². The molecule has 1 aliphatic carbocycles. The smallest absolute Gasteiger partial charge is 0.189 e. The SMILES string of the molecule is CC(C)/C=C1\Cc2ccccc2C1=O. The fraction of sp³-hybridized carbons (Fsp3) is 0.308. The zero-order chi connectivity index (χ0) is 10.1. The molecule has 14 heavy (non-hydrogen) atoms. The Labute approximate surface area is 84.5 Å². The van der Waals surface area contributed by atoms with E-state index < -0.39 is 0 Å². The fourth-order valence-corrected chi connectivity index (χ4v) is 1.89. The predicted molar refractivity (Wildman–Crippen MR) is 57.4 cm³/mol. The van der Waals surface area contributed by atoms with Crippen molar-refractivity contribution in [2.24, 2.45) is 5.92 Å². The number of carbonyl (C=O) groups excluding carboxylic acids is 1. The highest BCUT2D eigenvalue weighted by molar-refractivity contribution is 6.13. The number of hydrogen-bond donors (Lipinski definition) is 0. The highest BCUT2D eigenvalue weighted by Crippen LogP contribution is 2.26. The molecule has 0 atom stereocenters. The standard InChI is InChI=1S/C13H14O/c1-9(2)7-11-8-10-5-3-4-6-12(10)13(11)14/h3-7,9H,8H2,1-2H3/b11-7+. The molecule has 0 spiro atoms. The molecule has 1 aromatic carbocycles. The van der Waals surface area contributed by atoms with Gasteiger partial charge in [0.2, 0.25) is 0 Å². The molecule has 0 saturated heterocycles. The van der Waals surface area contributed by atoms with Crippen LogP contribution in [-0.4, -0.2) is 5.78 Å². The van der Waals surface area contributed by atoms with Crippen LogP contribution >= 0.6 is 0 Å². The summed E-state index contributed by atoms with van der Waals surface area (Å²) >= 11 is 0. The van der Waals surface area contributed by atoms with Gasteiger partial charge in [-0.3, -0.25) is 4.79 Å². The molecule has 1 aliphatic rings. The molecule has 1 aromatic rings. The molecule has 0 saturated carbocycles. The Morgan fingerprint density at radius 1 is 1.29 bits per heavy atom. The van der Waals surface area contributed by atoms with E-state index in [0.29, 0.717) is 5.92 Å². The van der Waals surface area contributed by atoms with Crippen molar-refractivity contribution in [3.05, 3.63) is 47.0 Å². The molecule has 0 heterocycles. The molecule has 0 amide bonds. The van der Waals surface area contributed by atoms with Crippen LogP contribution < -0.4 is 0 Å². The van der Waals surface area contributed by atoms with E-state index in [1.54, 1.807) is 0 Å². The second-order valence-electron chi connectivity index (χ2n) is 4.10. The van der Waals surface area contributed by atoms with Crippen molar-refractivity contribution in [2.45, 2.75) is 20.3 Å². The van der Waals surface area contributed by atoms with E-state index in [2.05, 4.69) is 19.9 Å². The van der Waals surface area contributed by atoms with E-state index in [0.717, 1.165) is 17.6 Å². The van der Waals surface area contributed by atoms with Crippen LogP contribution in [0.25, 0.3) is 0 Å². The van der Waals surface area contributed by atoms with E-state index in [-0.39, 0.29) is 5.78 Å². The van der Waals surface area contributed by atoms with Crippen LogP contribution in [0.1, 0.15) is 29.8 Å². The Morgan fingerprint density at radius 3 is 2.64 bits per heavy atom. The van der Waals surface area contributed by atoms with Gasteiger partial charge in [0, 0.05) is 17.6 Å². The van der Waals surface area contributed by atoms with Gasteiger partial charge in [0.05, 0.1) is 0 Å². The van der Waals surface area contributed by atoms with Crippen LogP contribution in [0.4, 0.5) is 0 Å². The summed E-state index contributed by atoms with van der Waals surface area (Å²) in [4.78, 5) is 11.9. The third-order valence-corrected chi connectivity index (χ3v) is 2.47. The van der Waals surface area contributed by atoms with Gasteiger partial charge >= 0.3 is 0 Å². The molecular weight excluding hydrogens is 172 g/mol. The van der Waals surface area contributed by atoms with Crippen molar-refractivity contribution >= 4 is 5.78 Å². The molecule has 72 valence electrons. The highest BCUT2D eigenvalue weighted by atomic mass is 16.1. The molecule has 0 bridgehead atoms. The van der Waals surface area contributed by atoms with Crippen LogP contribution in [0, 0.1) is 5.92 Å². The summed E-state index contributed by atoms with van der Waals surface area (Å²) in [6, 6.07) is 7.87. The van der Waals surface area contributed by atoms with Gasteiger partial charge in [0.15, 0.2) is 5.78 Å². The van der Waals surface area contributed by atoms with Crippen molar-refractivity contribution in [1.29, 1.82) is 0 Å². The van der Waals surface area contributed by atoms with Gasteiger partial charge in [0.1, 0.15) is 0 Å². The Kier molecular flexibility index (Phi) is 2.24. The zero-order valence-electron chi connectivity index (χ0n) is 8.58. The van der Waals surface area contributed by atoms with E-state index in [4.69, 9.17) is 0 Å². The second-order valence-corrected chi connectivity index (χ2v) is 4.10. The summed E-state index contributed by atoms with van der Waals surface area (Å²) in [7, 11) is 0. The Morgan fingerprint density at radius 2 is 2.00 bits per heavy atom. The fourth-order valence-electron chi connectivity index (χ4n) is 1.89. The normalized spacial score (nSPS) is 17.9. The predicted octanol–water partition coefficient (Wildman–Crippen LogP) is 3.01. The highest BCUT2D eigenvalue weighted by Gasteiger charge is 2.23. The summed E-state index contributed by atoms with van der Waals surface area (Å²) in [5.41, 5.74) is 3.02. The Hall–Kier alpha value is -1.37. The largest absolute Gasteiger partial charge is 0.289 e. The first-order valence-corrected chi connectivity index (χ1v) is 5.02. The second kappa shape index (κ2) is 3.41. The van der Waals surface area contributed by atoms with Gasteiger partial charge in [-0.15, -0.1) is 0 Å². The van der Waals surface area contributed by atoms with Crippen LogP contribution in [-0.2, 0) is 6.42 Å². The minimum Gasteiger partial charge on any atom is -0.289 e. The lowest BCUT2D eigenvalue weighted by molar-refractivity contribution is 0.103. The van der Waals surface area contributed by atoms with Crippen molar-refractivity contribution in [1.82, 2.24) is 0 Å². The van der Waals surface area contributed by atoms with Crippen LogP contribution in [0.5, 0.6) is 0 Å². The van der Waals surface area contributed by atoms with Crippen molar-refractivity contribution in [3.63, 3.8) is 0 Å². The lowest BCUT2D eigenvalue weighted by Gasteiger charge is -1.97. The zero-order valence-corrected chi connectivity index (χ0v) is 8.58. The summed E-state index contributed by atoms with van der Waals surface area (Å²) < 4.78 is 0. The third kappa shape index (κ3) is 1.50. The molecule has 0 unspecified atom stereocenters. The monoisotopic (exact) mass is 186 g/mol. The first-order chi connectivity index (χ1) is 6.68. The lowest BCUT2D eigenvalue weighted by Crippen LogP contribution is -1.96. The number of rotatable bonds is 1. The molecule has 1 heteroatoms. The lowest BCUT2D eigenvalue weighted by atomic mass is 10.1. The molecule has 1 nitrogen and oxygen atoms in total. The molecular formula is C13H14O. The maximum Gasteiger partial charge on any atom is 0.189 e. The molecule has 0 fully saturated rings. The first kappa shape index (κ1) is 9.20. The topological polar surface area (TPSA) is 17.1 Å². The third-order valence-electron chi connectivity index (χ3n) is 2.47. The number of Topliss-reactive ketones (excluding diaryl/α,β-unsaturated/α-hetero) is 1.